The Morgan fingerprint density at radius 1 is 1.06 bits per heavy atom. The lowest BCUT2D eigenvalue weighted by atomic mass is 10.0. The normalized spacial score (nSPS) is 10.4. The first-order valence-electron chi connectivity index (χ1n) is 5.13. The first-order chi connectivity index (χ1) is 8.65. The number of hydrogen-bond acceptors (Lipinski definition) is 3. The highest BCUT2D eigenvalue weighted by atomic mass is 31.1. The molecule has 0 atom stereocenters. The van der Waals surface area contributed by atoms with Gasteiger partial charge in [-0.2, -0.15) is 0 Å². The molecular formula is C13H9O4P. The molecule has 18 heavy (non-hydrogen) atoms. The summed E-state index contributed by atoms with van der Waals surface area (Å²) in [6.07, 6.45) is 0. The summed E-state index contributed by atoms with van der Waals surface area (Å²) < 4.78 is 11.2. The Hall–Kier alpha value is -2.19. The largest absolute Gasteiger partial charge is 0.507 e. The Kier molecular flexibility index (Phi) is 3.40. The summed E-state index contributed by atoms with van der Waals surface area (Å²) in [5.41, 5.74) is 0.826. The molecule has 90 valence electrons. The highest BCUT2D eigenvalue weighted by Crippen LogP contribution is 2.30. The molecule has 0 aliphatic rings. The number of phenolic OH excluding ortho intramolecular Hbond substituents is 1. The molecule has 2 aromatic rings. The quantitative estimate of drug-likeness (QED) is 0.832. The molecule has 0 spiro atoms. The van der Waals surface area contributed by atoms with Crippen molar-refractivity contribution >= 4 is 19.7 Å². The Labute approximate surface area is 105 Å². The van der Waals surface area contributed by atoms with Crippen LogP contribution in [0.2, 0.25) is 0 Å². The van der Waals surface area contributed by atoms with Crippen LogP contribution in [0.15, 0.2) is 42.5 Å². The monoisotopic (exact) mass is 260 g/mol. The minimum Gasteiger partial charge on any atom is -0.507 e. The van der Waals surface area contributed by atoms with Crippen LogP contribution in [0.25, 0.3) is 11.1 Å². The number of phenols is 1. The fourth-order valence-corrected chi connectivity index (χ4v) is 2.34. The van der Waals surface area contributed by atoms with Gasteiger partial charge in [-0.3, -0.25) is 4.57 Å². The van der Waals surface area contributed by atoms with Crippen molar-refractivity contribution < 1.29 is 19.6 Å². The molecule has 5 heteroatoms. The van der Waals surface area contributed by atoms with Crippen LogP contribution in [0, 0.1) is 0 Å². The number of carboxylic acid groups (broad SMARTS) is 1. The molecule has 2 N–H and O–H groups in total. The molecule has 2 aromatic carbocycles. The maximum absolute atomic E-state index is 11.2. The van der Waals surface area contributed by atoms with Crippen LogP contribution in [0.4, 0.5) is 0 Å². The number of aromatic hydroxyl groups is 1. The molecule has 0 aliphatic carbocycles. The number of carbonyl (C=O) groups is 1. The minimum atomic E-state index is -1.18. The summed E-state index contributed by atoms with van der Waals surface area (Å²) in [7, 11) is -0.440. The second kappa shape index (κ2) is 4.98. The van der Waals surface area contributed by atoms with E-state index in [0.717, 1.165) is 0 Å². The zero-order chi connectivity index (χ0) is 13.1. The van der Waals surface area contributed by atoms with Crippen molar-refractivity contribution in [3.05, 3.63) is 48.0 Å². The predicted molar refractivity (Wildman–Crippen MR) is 67.7 cm³/mol. The van der Waals surface area contributed by atoms with Crippen LogP contribution in [-0.2, 0) is 4.57 Å². The zero-order valence-corrected chi connectivity index (χ0v) is 10.1. The molecule has 4 nitrogen and oxygen atoms in total. The number of rotatable bonds is 3. The van der Waals surface area contributed by atoms with Crippen molar-refractivity contribution in [1.82, 2.24) is 0 Å². The van der Waals surface area contributed by atoms with Crippen LogP contribution in [0.5, 0.6) is 5.75 Å². The summed E-state index contributed by atoms with van der Waals surface area (Å²) in [6.45, 7) is 0. The summed E-state index contributed by atoms with van der Waals surface area (Å²) in [5, 5.41) is 19.0. The number of benzene rings is 2. The lowest BCUT2D eigenvalue weighted by molar-refractivity contribution is 0.0698. The van der Waals surface area contributed by atoms with Crippen LogP contribution in [0.1, 0.15) is 10.4 Å². The van der Waals surface area contributed by atoms with Crippen molar-refractivity contribution in [3.8, 4) is 16.9 Å². The molecule has 0 saturated carbocycles. The fraction of sp³-hybridized carbons (Fsp3) is 0. The van der Waals surface area contributed by atoms with Gasteiger partial charge >= 0.3 is 5.97 Å². The third kappa shape index (κ3) is 2.11. The van der Waals surface area contributed by atoms with Crippen molar-refractivity contribution in [1.29, 1.82) is 0 Å². The molecule has 0 bridgehead atoms. The van der Waals surface area contributed by atoms with E-state index in [1.165, 1.54) is 12.1 Å². The van der Waals surface area contributed by atoms with Crippen molar-refractivity contribution in [2.75, 3.05) is 0 Å². The topological polar surface area (TPSA) is 74.6 Å². The molecule has 0 aliphatic heterocycles. The Bertz CT molecular complexity index is 608. The van der Waals surface area contributed by atoms with Gasteiger partial charge in [0.05, 0.1) is 10.9 Å². The smallest absolute Gasteiger partial charge is 0.336 e. The van der Waals surface area contributed by atoms with Gasteiger partial charge in [0, 0.05) is 5.56 Å². The van der Waals surface area contributed by atoms with Crippen LogP contribution in [-0.4, -0.2) is 16.2 Å². The van der Waals surface area contributed by atoms with Gasteiger partial charge in [-0.1, -0.05) is 30.3 Å². The Morgan fingerprint density at radius 2 is 1.72 bits per heavy atom. The molecule has 0 amide bonds. The average Bonchev–Trinajstić information content (AvgIpc) is 2.38. The number of hydrogen-bond donors (Lipinski definition) is 2. The van der Waals surface area contributed by atoms with Crippen molar-refractivity contribution in [2.45, 2.75) is 0 Å². The maximum atomic E-state index is 11.2. The van der Waals surface area contributed by atoms with Crippen LogP contribution >= 0.6 is 8.46 Å². The van der Waals surface area contributed by atoms with E-state index in [2.05, 4.69) is 0 Å². The summed E-state index contributed by atoms with van der Waals surface area (Å²) in [5.74, 6) is -1.27. The first-order valence-corrected chi connectivity index (χ1v) is 5.94. The minimum absolute atomic E-state index is 0.0775. The van der Waals surface area contributed by atoms with Gasteiger partial charge in [0.1, 0.15) is 5.75 Å². The van der Waals surface area contributed by atoms with E-state index in [9.17, 15) is 14.5 Å². The van der Waals surface area contributed by atoms with E-state index in [4.69, 9.17) is 5.11 Å². The molecule has 0 unspecified atom stereocenters. The summed E-state index contributed by atoms with van der Waals surface area (Å²) >= 11 is 0. The van der Waals surface area contributed by atoms with Gasteiger partial charge in [0.2, 0.25) is 0 Å². The molecule has 0 radical (unpaired) electrons. The SMILES string of the molecule is O=Pc1c(C(=O)O)ccc(O)c1-c1ccccc1. The van der Waals surface area contributed by atoms with E-state index >= 15 is 0 Å². The van der Waals surface area contributed by atoms with E-state index < -0.39 is 14.4 Å². The van der Waals surface area contributed by atoms with E-state index in [0.29, 0.717) is 5.56 Å². The molecule has 0 saturated heterocycles. The van der Waals surface area contributed by atoms with Gasteiger partial charge in [-0.05, 0) is 17.7 Å². The van der Waals surface area contributed by atoms with Gasteiger partial charge in [0.15, 0.2) is 8.46 Å². The van der Waals surface area contributed by atoms with Crippen LogP contribution in [0.3, 0.4) is 0 Å². The molecule has 2 rings (SSSR count). The highest BCUT2D eigenvalue weighted by molar-refractivity contribution is 7.35. The number of carboxylic acids is 1. The van der Waals surface area contributed by atoms with Gasteiger partial charge in [-0.25, -0.2) is 4.79 Å². The lowest BCUT2D eigenvalue weighted by Gasteiger charge is -2.09. The number of aromatic carboxylic acids is 1. The van der Waals surface area contributed by atoms with Crippen molar-refractivity contribution in [2.24, 2.45) is 0 Å². The molecular weight excluding hydrogens is 251 g/mol. The Balaban J connectivity index is 2.77. The van der Waals surface area contributed by atoms with Gasteiger partial charge in [-0.15, -0.1) is 0 Å². The predicted octanol–water partition coefficient (Wildman–Crippen LogP) is 2.67. The lowest BCUT2D eigenvalue weighted by Crippen LogP contribution is -2.12. The van der Waals surface area contributed by atoms with Gasteiger partial charge < -0.3 is 10.2 Å². The fourth-order valence-electron chi connectivity index (χ4n) is 1.74. The van der Waals surface area contributed by atoms with Crippen LogP contribution < -0.4 is 5.30 Å². The summed E-state index contributed by atoms with van der Waals surface area (Å²) in [6, 6.07) is 11.3. The third-order valence-electron chi connectivity index (χ3n) is 2.54. The maximum Gasteiger partial charge on any atom is 0.336 e. The zero-order valence-electron chi connectivity index (χ0n) is 9.20. The van der Waals surface area contributed by atoms with E-state index in [-0.39, 0.29) is 22.2 Å². The highest BCUT2D eigenvalue weighted by Gasteiger charge is 2.18. The second-order valence-electron chi connectivity index (χ2n) is 3.62. The molecule has 0 heterocycles. The van der Waals surface area contributed by atoms with Gasteiger partial charge in [0.25, 0.3) is 0 Å². The Morgan fingerprint density at radius 3 is 2.28 bits per heavy atom. The van der Waals surface area contributed by atoms with Crippen molar-refractivity contribution in [3.63, 3.8) is 0 Å². The summed E-state index contributed by atoms with van der Waals surface area (Å²) in [4.78, 5) is 11.1. The second-order valence-corrected chi connectivity index (χ2v) is 4.25. The third-order valence-corrected chi connectivity index (χ3v) is 3.19. The molecule has 0 fully saturated rings. The average molecular weight is 260 g/mol. The standard InChI is InChI=1S/C13H9O4P/c14-10-7-6-9(13(15)16)12(18-17)11(10)8-4-2-1-3-5-8/h1-7,14H,(H,15,16). The first kappa shape index (κ1) is 12.3. The van der Waals surface area contributed by atoms with E-state index in [1.807, 2.05) is 0 Å². The van der Waals surface area contributed by atoms with E-state index in [1.54, 1.807) is 30.3 Å². The molecule has 0 aromatic heterocycles.